The third-order valence-electron chi connectivity index (χ3n) is 6.17. The number of phenols is 1. The molecule has 1 heterocycles. The second kappa shape index (κ2) is 11.7. The Kier molecular flexibility index (Phi) is 8.47. The summed E-state index contributed by atoms with van der Waals surface area (Å²) in [7, 11) is 0. The highest BCUT2D eigenvalue weighted by molar-refractivity contribution is 9.10. The van der Waals surface area contributed by atoms with Crippen molar-refractivity contribution in [2.75, 3.05) is 31.1 Å². The van der Waals surface area contributed by atoms with E-state index in [1.54, 1.807) is 6.21 Å². The monoisotopic (exact) mass is 553 g/mol. The molecular weight excluding hydrogens is 526 g/mol. The predicted molar refractivity (Wildman–Crippen MR) is 147 cm³/mol. The van der Waals surface area contributed by atoms with E-state index in [1.807, 2.05) is 60.4 Å². The van der Waals surface area contributed by atoms with E-state index in [9.17, 15) is 9.90 Å². The summed E-state index contributed by atoms with van der Waals surface area (Å²) in [6, 6.07) is 19.7. The minimum absolute atomic E-state index is 0.156. The van der Waals surface area contributed by atoms with Gasteiger partial charge in [0.05, 0.1) is 10.2 Å². The quantitative estimate of drug-likeness (QED) is 0.335. The van der Waals surface area contributed by atoms with Crippen LogP contribution in [0.2, 0.25) is 5.02 Å². The first kappa shape index (κ1) is 25.3. The Morgan fingerprint density at radius 2 is 1.80 bits per heavy atom. The topological polar surface area (TPSA) is 56.1 Å². The van der Waals surface area contributed by atoms with Gasteiger partial charge in [-0.15, -0.1) is 0 Å². The van der Waals surface area contributed by atoms with Crippen LogP contribution in [0.25, 0.3) is 0 Å². The van der Waals surface area contributed by atoms with Crippen LogP contribution in [0.3, 0.4) is 0 Å². The minimum Gasteiger partial charge on any atom is -0.506 e. The lowest BCUT2D eigenvalue weighted by Crippen LogP contribution is -2.48. The van der Waals surface area contributed by atoms with Crippen LogP contribution in [0.15, 0.2) is 70.1 Å². The number of halogens is 2. The zero-order valence-electron chi connectivity index (χ0n) is 19.8. The summed E-state index contributed by atoms with van der Waals surface area (Å²) >= 11 is 9.78. The average molecular weight is 555 g/mol. The summed E-state index contributed by atoms with van der Waals surface area (Å²) in [5, 5.41) is 11.3. The number of aromatic hydroxyl groups is 1. The highest BCUT2D eigenvalue weighted by Crippen LogP contribution is 2.31. The van der Waals surface area contributed by atoms with E-state index in [4.69, 9.17) is 11.6 Å². The number of piperazine rings is 1. The van der Waals surface area contributed by atoms with Crippen LogP contribution >= 0.6 is 27.5 Å². The maximum absolute atomic E-state index is 12.1. The van der Waals surface area contributed by atoms with Crippen molar-refractivity contribution in [3.05, 3.63) is 86.8 Å². The first-order chi connectivity index (χ1) is 16.9. The highest BCUT2D eigenvalue weighted by Gasteiger charge is 2.20. The summed E-state index contributed by atoms with van der Waals surface area (Å²) in [6.45, 7) is 5.22. The fourth-order valence-electron chi connectivity index (χ4n) is 4.22. The van der Waals surface area contributed by atoms with Crippen molar-refractivity contribution >= 4 is 51.0 Å². The maximum atomic E-state index is 12.1. The Hall–Kier alpha value is -2.83. The molecule has 0 unspecified atom stereocenters. The van der Waals surface area contributed by atoms with Gasteiger partial charge in [-0.25, -0.2) is 0 Å². The smallest absolute Gasteiger partial charge is 0.222 e. The van der Waals surface area contributed by atoms with Crippen molar-refractivity contribution in [3.63, 3.8) is 0 Å². The Morgan fingerprint density at radius 1 is 1.09 bits per heavy atom. The number of hydrogen-bond acceptors (Lipinski definition) is 4. The highest BCUT2D eigenvalue weighted by atomic mass is 79.9. The van der Waals surface area contributed by atoms with Crippen molar-refractivity contribution in [2.45, 2.75) is 26.2 Å². The molecular formula is C28H29BrClN3O2. The van der Waals surface area contributed by atoms with E-state index < -0.39 is 0 Å². The summed E-state index contributed by atoms with van der Waals surface area (Å²) in [4.78, 5) is 21.0. The number of amides is 1. The van der Waals surface area contributed by atoms with E-state index in [0.717, 1.165) is 60.1 Å². The Labute approximate surface area is 220 Å². The van der Waals surface area contributed by atoms with Crippen LogP contribution in [0.5, 0.6) is 5.75 Å². The number of carbonyl (C=O) groups is 1. The molecule has 5 nitrogen and oxygen atoms in total. The van der Waals surface area contributed by atoms with E-state index in [-0.39, 0.29) is 11.7 Å². The summed E-state index contributed by atoms with van der Waals surface area (Å²) in [6.07, 6.45) is 3.86. The zero-order chi connectivity index (χ0) is 24.8. The molecule has 3 aromatic rings. The number of anilines is 1. The lowest BCUT2D eigenvalue weighted by Gasteiger charge is -2.36. The molecule has 4 rings (SSSR count). The van der Waals surface area contributed by atoms with Crippen LogP contribution in [0.1, 0.15) is 36.5 Å². The van der Waals surface area contributed by atoms with Crippen LogP contribution in [-0.2, 0) is 11.2 Å². The molecule has 1 aliphatic rings. The van der Waals surface area contributed by atoms with Gasteiger partial charge >= 0.3 is 0 Å². The molecule has 0 atom stereocenters. The normalized spacial score (nSPS) is 14.0. The van der Waals surface area contributed by atoms with Gasteiger partial charge in [-0.2, -0.15) is 0 Å². The third kappa shape index (κ3) is 6.44. The molecule has 182 valence electrons. The van der Waals surface area contributed by atoms with Crippen LogP contribution in [0.4, 0.5) is 11.4 Å². The average Bonchev–Trinajstić information content (AvgIpc) is 2.87. The molecule has 1 saturated heterocycles. The van der Waals surface area contributed by atoms with E-state index in [2.05, 4.69) is 38.0 Å². The van der Waals surface area contributed by atoms with Crippen molar-refractivity contribution < 1.29 is 9.90 Å². The molecule has 0 radical (unpaired) electrons. The molecule has 0 saturated carbocycles. The molecule has 35 heavy (non-hydrogen) atoms. The fraction of sp³-hybridized carbons (Fsp3) is 0.286. The number of aliphatic imine (C=N–C) groups is 1. The molecule has 0 bridgehead atoms. The molecule has 1 N–H and O–H groups in total. The van der Waals surface area contributed by atoms with Crippen LogP contribution in [0, 0.1) is 0 Å². The van der Waals surface area contributed by atoms with Gasteiger partial charge in [0.2, 0.25) is 5.91 Å². The molecule has 1 amide bonds. The summed E-state index contributed by atoms with van der Waals surface area (Å²) < 4.78 is 0.621. The number of carbonyl (C=O) groups excluding carboxylic acids is 1. The molecule has 0 aliphatic carbocycles. The van der Waals surface area contributed by atoms with Crippen LogP contribution in [-0.4, -0.2) is 48.3 Å². The van der Waals surface area contributed by atoms with E-state index in [0.29, 0.717) is 22.9 Å². The van der Waals surface area contributed by atoms with Crippen molar-refractivity contribution in [3.8, 4) is 5.75 Å². The number of rotatable bonds is 7. The van der Waals surface area contributed by atoms with Crippen molar-refractivity contribution in [1.82, 2.24) is 4.90 Å². The van der Waals surface area contributed by atoms with Crippen LogP contribution < -0.4 is 4.90 Å². The molecule has 0 spiro atoms. The van der Waals surface area contributed by atoms with E-state index >= 15 is 0 Å². The number of hydrogen-bond donors (Lipinski definition) is 1. The van der Waals surface area contributed by atoms with Crippen molar-refractivity contribution in [2.24, 2.45) is 4.99 Å². The number of benzene rings is 3. The molecule has 1 fully saturated rings. The number of nitrogens with zero attached hydrogens (tertiary/aromatic N) is 3. The van der Waals surface area contributed by atoms with Gasteiger partial charge in [-0.1, -0.05) is 36.7 Å². The molecule has 1 aliphatic heterocycles. The molecule has 3 aromatic carbocycles. The first-order valence-electron chi connectivity index (χ1n) is 11.9. The summed E-state index contributed by atoms with van der Waals surface area (Å²) in [5.74, 6) is 0.409. The van der Waals surface area contributed by atoms with Gasteiger partial charge in [-0.3, -0.25) is 9.79 Å². The Balaban J connectivity index is 1.42. The van der Waals surface area contributed by atoms with Gasteiger partial charge in [0.1, 0.15) is 5.75 Å². The van der Waals surface area contributed by atoms with Crippen molar-refractivity contribution in [1.29, 1.82) is 0 Å². The predicted octanol–water partition coefficient (Wildman–Crippen LogP) is 6.60. The molecule has 0 aromatic heterocycles. The molecule has 7 heteroatoms. The third-order valence-corrected chi connectivity index (χ3v) is 7.14. The second-order valence-corrected chi connectivity index (χ2v) is 9.94. The number of phenolic OH excluding ortho intramolecular Hbond substituents is 1. The van der Waals surface area contributed by atoms with Gasteiger partial charge in [0.25, 0.3) is 0 Å². The maximum Gasteiger partial charge on any atom is 0.222 e. The van der Waals surface area contributed by atoms with Gasteiger partial charge in [0.15, 0.2) is 0 Å². The van der Waals surface area contributed by atoms with Gasteiger partial charge < -0.3 is 14.9 Å². The minimum atomic E-state index is 0.156. The zero-order valence-corrected chi connectivity index (χ0v) is 22.1. The second-order valence-electron chi connectivity index (χ2n) is 8.68. The lowest BCUT2D eigenvalue weighted by molar-refractivity contribution is -0.131. The first-order valence-corrected chi connectivity index (χ1v) is 13.0. The standard InChI is InChI=1S/C28H29BrClN3O2/c1-2-5-27(34)33-14-12-32(13-15-33)24-10-8-23(9-11-24)31-19-22-17-20(18-25(29)28(22)35)16-21-6-3-4-7-26(21)30/h3-4,6-11,17-19,35H,2,5,12-16H2,1H3. The van der Waals surface area contributed by atoms with Gasteiger partial charge in [-0.05, 0) is 82.4 Å². The fourth-order valence-corrected chi connectivity index (χ4v) is 4.95. The largest absolute Gasteiger partial charge is 0.506 e. The lowest BCUT2D eigenvalue weighted by atomic mass is 10.0. The Bertz CT molecular complexity index is 1210. The summed E-state index contributed by atoms with van der Waals surface area (Å²) in [5.41, 5.74) is 4.62. The van der Waals surface area contributed by atoms with E-state index in [1.165, 1.54) is 0 Å². The SMILES string of the molecule is CCCC(=O)N1CCN(c2ccc(N=Cc3cc(Cc4ccccc4Cl)cc(Br)c3O)cc2)CC1. The Morgan fingerprint density at radius 3 is 2.49 bits per heavy atom. The van der Waals surface area contributed by atoms with Gasteiger partial charge in [0, 0.05) is 55.1 Å².